The summed E-state index contributed by atoms with van der Waals surface area (Å²) in [5.74, 6) is 2.19. The van der Waals surface area contributed by atoms with Crippen LogP contribution in [-0.4, -0.2) is 37.1 Å². The zero-order valence-electron chi connectivity index (χ0n) is 13.6. The van der Waals surface area contributed by atoms with E-state index in [4.69, 9.17) is 0 Å². The number of hydrogen-bond acceptors (Lipinski definition) is 2. The molecule has 1 aliphatic heterocycles. The van der Waals surface area contributed by atoms with Gasteiger partial charge in [-0.05, 0) is 55.7 Å². The largest absolute Gasteiger partial charge is 0.316 e. The highest BCUT2D eigenvalue weighted by Crippen LogP contribution is 2.31. The predicted molar refractivity (Wildman–Crippen MR) is 89.6 cm³/mol. The molecule has 0 spiro atoms. The van der Waals surface area contributed by atoms with Crippen molar-refractivity contribution in [2.45, 2.75) is 45.1 Å². The summed E-state index contributed by atoms with van der Waals surface area (Å²) in [5.41, 5.74) is 1.48. The van der Waals surface area contributed by atoms with Gasteiger partial charge in [-0.25, -0.2) is 0 Å². The van der Waals surface area contributed by atoms with Crippen LogP contribution in [0, 0.1) is 11.8 Å². The van der Waals surface area contributed by atoms with E-state index in [1.807, 2.05) is 0 Å². The molecule has 21 heavy (non-hydrogen) atoms. The minimum absolute atomic E-state index is 0.632. The molecule has 2 atom stereocenters. The van der Waals surface area contributed by atoms with Crippen LogP contribution in [0.1, 0.15) is 44.6 Å². The van der Waals surface area contributed by atoms with E-state index in [1.165, 1.54) is 44.5 Å². The highest BCUT2D eigenvalue weighted by molar-refractivity contribution is 5.20. The number of rotatable bonds is 7. The molecule has 1 N–H and O–H groups in total. The Labute approximate surface area is 129 Å². The number of nitrogens with zero attached hydrogens (tertiary/aromatic N) is 1. The lowest BCUT2D eigenvalue weighted by Crippen LogP contribution is -2.31. The normalized spacial score (nSPS) is 24.6. The summed E-state index contributed by atoms with van der Waals surface area (Å²) in [6.45, 7) is 9.65. The lowest BCUT2D eigenvalue weighted by Gasteiger charge is -2.23. The van der Waals surface area contributed by atoms with Crippen LogP contribution in [0.4, 0.5) is 0 Å². The van der Waals surface area contributed by atoms with Gasteiger partial charge in [0.15, 0.2) is 0 Å². The molecule has 2 unspecified atom stereocenters. The van der Waals surface area contributed by atoms with Crippen molar-refractivity contribution in [3.63, 3.8) is 0 Å². The molecule has 0 bridgehead atoms. The Hall–Kier alpha value is -0.860. The molecule has 1 saturated carbocycles. The van der Waals surface area contributed by atoms with Gasteiger partial charge in [-0.15, -0.1) is 0 Å². The van der Waals surface area contributed by atoms with Crippen molar-refractivity contribution in [3.8, 4) is 0 Å². The zero-order valence-corrected chi connectivity index (χ0v) is 13.6. The molecule has 1 saturated heterocycles. The van der Waals surface area contributed by atoms with Gasteiger partial charge < -0.3 is 10.2 Å². The van der Waals surface area contributed by atoms with E-state index in [2.05, 4.69) is 54.4 Å². The average Bonchev–Trinajstić information content (AvgIpc) is 3.24. The van der Waals surface area contributed by atoms with Gasteiger partial charge in [0.05, 0.1) is 0 Å². The van der Waals surface area contributed by atoms with Crippen LogP contribution < -0.4 is 5.32 Å². The standard InChI is InChI=1S/C19H30N2/c1-15(2)19(17-6-4-3-5-7-17)13-20-12-16-10-11-21(14-16)18-8-9-18/h3-7,15-16,18-20H,8-14H2,1-2H3. The summed E-state index contributed by atoms with van der Waals surface area (Å²) in [5, 5.41) is 3.76. The number of benzene rings is 1. The first-order valence-electron chi connectivity index (χ1n) is 8.73. The quantitative estimate of drug-likeness (QED) is 0.825. The molecule has 0 radical (unpaired) electrons. The number of hydrogen-bond donors (Lipinski definition) is 1. The number of nitrogens with one attached hydrogen (secondary N) is 1. The van der Waals surface area contributed by atoms with Crippen molar-refractivity contribution in [2.24, 2.45) is 11.8 Å². The summed E-state index contributed by atoms with van der Waals surface area (Å²) < 4.78 is 0. The van der Waals surface area contributed by atoms with Crippen LogP contribution in [0.25, 0.3) is 0 Å². The fraction of sp³-hybridized carbons (Fsp3) is 0.684. The van der Waals surface area contributed by atoms with Crippen LogP contribution >= 0.6 is 0 Å². The second-order valence-electron chi connectivity index (χ2n) is 7.30. The Morgan fingerprint density at radius 3 is 2.57 bits per heavy atom. The van der Waals surface area contributed by atoms with Crippen molar-refractivity contribution in [1.29, 1.82) is 0 Å². The smallest absolute Gasteiger partial charge is 0.00965 e. The van der Waals surface area contributed by atoms with Gasteiger partial charge in [-0.1, -0.05) is 44.2 Å². The average molecular weight is 286 g/mol. The van der Waals surface area contributed by atoms with E-state index in [9.17, 15) is 0 Å². The van der Waals surface area contributed by atoms with E-state index in [1.54, 1.807) is 0 Å². The van der Waals surface area contributed by atoms with Crippen LogP contribution in [0.3, 0.4) is 0 Å². The zero-order chi connectivity index (χ0) is 14.7. The Kier molecular flexibility index (Phi) is 4.97. The Morgan fingerprint density at radius 2 is 1.90 bits per heavy atom. The van der Waals surface area contributed by atoms with Crippen LogP contribution in [-0.2, 0) is 0 Å². The van der Waals surface area contributed by atoms with Gasteiger partial charge >= 0.3 is 0 Å². The van der Waals surface area contributed by atoms with Gasteiger partial charge in [0, 0.05) is 19.1 Å². The van der Waals surface area contributed by atoms with Crippen molar-refractivity contribution in [1.82, 2.24) is 10.2 Å². The third-order valence-corrected chi connectivity index (χ3v) is 5.21. The summed E-state index contributed by atoms with van der Waals surface area (Å²) >= 11 is 0. The monoisotopic (exact) mass is 286 g/mol. The third-order valence-electron chi connectivity index (χ3n) is 5.21. The molecule has 0 aromatic heterocycles. The molecule has 2 nitrogen and oxygen atoms in total. The lowest BCUT2D eigenvalue weighted by atomic mass is 9.88. The summed E-state index contributed by atoms with van der Waals surface area (Å²) in [7, 11) is 0. The highest BCUT2D eigenvalue weighted by atomic mass is 15.2. The fourth-order valence-electron chi connectivity index (χ4n) is 3.68. The van der Waals surface area contributed by atoms with Crippen molar-refractivity contribution in [2.75, 3.05) is 26.2 Å². The maximum atomic E-state index is 3.76. The van der Waals surface area contributed by atoms with E-state index < -0.39 is 0 Å². The van der Waals surface area contributed by atoms with Crippen molar-refractivity contribution >= 4 is 0 Å². The van der Waals surface area contributed by atoms with E-state index in [-0.39, 0.29) is 0 Å². The molecule has 0 amide bonds. The molecule has 1 aliphatic carbocycles. The fourth-order valence-corrected chi connectivity index (χ4v) is 3.68. The molecular formula is C19H30N2. The Morgan fingerprint density at radius 1 is 1.14 bits per heavy atom. The predicted octanol–water partition coefficient (Wildman–Crippen LogP) is 3.50. The molecule has 1 aromatic rings. The number of likely N-dealkylation sites (tertiary alicyclic amines) is 1. The summed E-state index contributed by atoms with van der Waals surface area (Å²) in [6.07, 6.45) is 4.29. The minimum Gasteiger partial charge on any atom is -0.316 e. The molecule has 2 fully saturated rings. The molecule has 1 aromatic carbocycles. The first-order valence-corrected chi connectivity index (χ1v) is 8.73. The molecule has 2 aliphatic rings. The SMILES string of the molecule is CC(C)C(CNCC1CCN(C2CC2)C1)c1ccccc1. The van der Waals surface area contributed by atoms with E-state index in [0.29, 0.717) is 11.8 Å². The van der Waals surface area contributed by atoms with Crippen molar-refractivity contribution in [3.05, 3.63) is 35.9 Å². The minimum atomic E-state index is 0.632. The van der Waals surface area contributed by atoms with Crippen molar-refractivity contribution < 1.29 is 0 Å². The summed E-state index contributed by atoms with van der Waals surface area (Å²) in [6, 6.07) is 11.9. The van der Waals surface area contributed by atoms with Gasteiger partial charge in [-0.2, -0.15) is 0 Å². The van der Waals surface area contributed by atoms with E-state index >= 15 is 0 Å². The lowest BCUT2D eigenvalue weighted by molar-refractivity contribution is 0.310. The molecule has 1 heterocycles. The summed E-state index contributed by atoms with van der Waals surface area (Å²) in [4.78, 5) is 2.71. The topological polar surface area (TPSA) is 15.3 Å². The Bertz CT molecular complexity index is 424. The molecule has 116 valence electrons. The van der Waals surface area contributed by atoms with Crippen LogP contribution in [0.5, 0.6) is 0 Å². The Balaban J connectivity index is 1.44. The molecule has 2 heteroatoms. The van der Waals surface area contributed by atoms with Crippen LogP contribution in [0.2, 0.25) is 0 Å². The molecular weight excluding hydrogens is 256 g/mol. The van der Waals surface area contributed by atoms with Gasteiger partial charge in [0.1, 0.15) is 0 Å². The second kappa shape index (κ2) is 6.93. The highest BCUT2D eigenvalue weighted by Gasteiger charge is 2.34. The maximum absolute atomic E-state index is 3.76. The first-order chi connectivity index (χ1) is 10.2. The van der Waals surface area contributed by atoms with Gasteiger partial charge in [0.2, 0.25) is 0 Å². The van der Waals surface area contributed by atoms with Crippen LogP contribution in [0.15, 0.2) is 30.3 Å². The molecule has 3 rings (SSSR count). The maximum Gasteiger partial charge on any atom is 0.00965 e. The third kappa shape index (κ3) is 4.08. The first kappa shape index (κ1) is 15.1. The van der Waals surface area contributed by atoms with Gasteiger partial charge in [-0.3, -0.25) is 0 Å². The second-order valence-corrected chi connectivity index (χ2v) is 7.30. The van der Waals surface area contributed by atoms with E-state index in [0.717, 1.165) is 18.5 Å². The van der Waals surface area contributed by atoms with Gasteiger partial charge in [0.25, 0.3) is 0 Å².